The first-order chi connectivity index (χ1) is 7.34. The number of carboxylic acid groups (broad SMARTS) is 1. The van der Waals surface area contributed by atoms with Crippen molar-refractivity contribution in [3.8, 4) is 0 Å². The molecule has 2 N–H and O–H groups in total. The number of aryl methyl sites for hydroxylation is 1. The number of furan rings is 1. The number of carbonyl (C=O) groups excluding carboxylic acids is 2. The van der Waals surface area contributed by atoms with E-state index in [1.54, 1.807) is 0 Å². The van der Waals surface area contributed by atoms with E-state index in [9.17, 15) is 14.4 Å². The molecule has 0 aliphatic heterocycles. The Morgan fingerprint density at radius 1 is 1.19 bits per heavy atom. The number of aromatic carboxylic acids is 1. The Bertz CT molecular complexity index is 472. The van der Waals surface area contributed by atoms with Crippen LogP contribution in [0.2, 0.25) is 0 Å². The molecule has 0 spiro atoms. The maximum absolute atomic E-state index is 11.3. The summed E-state index contributed by atoms with van der Waals surface area (Å²) in [6.45, 7) is 3.92. The predicted molar refractivity (Wildman–Crippen MR) is 54.7 cm³/mol. The molecule has 16 heavy (non-hydrogen) atoms. The highest BCUT2D eigenvalue weighted by Crippen LogP contribution is 2.27. The molecule has 86 valence electrons. The van der Waals surface area contributed by atoms with E-state index in [-0.39, 0.29) is 22.8 Å². The number of Topliss-reactive ketones (excluding diaryl/α,β-unsaturated/α-hetero) is 1. The number of hydrogen-bond acceptors (Lipinski definition) is 4. The third kappa shape index (κ3) is 2.10. The van der Waals surface area contributed by atoms with Crippen molar-refractivity contribution >= 4 is 23.5 Å². The monoisotopic (exact) mass is 225 g/mol. The normalized spacial score (nSPS) is 9.94. The van der Waals surface area contributed by atoms with Gasteiger partial charge < -0.3 is 9.52 Å². The van der Waals surface area contributed by atoms with Crippen LogP contribution >= 0.6 is 0 Å². The average molecular weight is 225 g/mol. The first-order valence-electron chi connectivity index (χ1n) is 4.49. The quantitative estimate of drug-likeness (QED) is 0.759. The van der Waals surface area contributed by atoms with Crippen molar-refractivity contribution in [3.63, 3.8) is 0 Å². The molecule has 0 aliphatic rings. The molecule has 6 heteroatoms. The van der Waals surface area contributed by atoms with Crippen molar-refractivity contribution in [3.05, 3.63) is 16.9 Å². The van der Waals surface area contributed by atoms with Gasteiger partial charge in [0.1, 0.15) is 11.3 Å². The van der Waals surface area contributed by atoms with Gasteiger partial charge in [-0.3, -0.25) is 14.9 Å². The highest BCUT2D eigenvalue weighted by Gasteiger charge is 2.26. The smallest absolute Gasteiger partial charge is 0.342 e. The minimum Gasteiger partial charge on any atom is -0.477 e. The summed E-state index contributed by atoms with van der Waals surface area (Å²) in [4.78, 5) is 33.1. The van der Waals surface area contributed by atoms with Crippen molar-refractivity contribution in [2.75, 3.05) is 5.32 Å². The Balaban J connectivity index is 3.40. The van der Waals surface area contributed by atoms with E-state index in [4.69, 9.17) is 9.52 Å². The molecule has 0 bridgehead atoms. The summed E-state index contributed by atoms with van der Waals surface area (Å²) < 4.78 is 5.05. The topological polar surface area (TPSA) is 96.6 Å². The molecule has 1 amide bonds. The van der Waals surface area contributed by atoms with Crippen molar-refractivity contribution in [2.24, 2.45) is 0 Å². The van der Waals surface area contributed by atoms with Gasteiger partial charge in [-0.05, 0) is 13.8 Å². The Morgan fingerprint density at radius 2 is 1.75 bits per heavy atom. The van der Waals surface area contributed by atoms with Crippen LogP contribution in [0.1, 0.15) is 40.3 Å². The van der Waals surface area contributed by atoms with Crippen molar-refractivity contribution in [2.45, 2.75) is 20.8 Å². The molecule has 0 unspecified atom stereocenters. The Hall–Kier alpha value is -2.11. The largest absolute Gasteiger partial charge is 0.477 e. The van der Waals surface area contributed by atoms with Crippen LogP contribution in [0.15, 0.2) is 4.42 Å². The third-order valence-corrected chi connectivity index (χ3v) is 1.94. The molecule has 0 saturated heterocycles. The minimum atomic E-state index is -1.31. The summed E-state index contributed by atoms with van der Waals surface area (Å²) in [5, 5.41) is 11.2. The number of rotatable bonds is 3. The number of hydrogen-bond donors (Lipinski definition) is 2. The zero-order valence-electron chi connectivity index (χ0n) is 9.08. The number of ketones is 1. The maximum atomic E-state index is 11.3. The van der Waals surface area contributed by atoms with Crippen LogP contribution in [0.3, 0.4) is 0 Å². The molecule has 0 radical (unpaired) electrons. The second kappa shape index (κ2) is 4.18. The van der Waals surface area contributed by atoms with Gasteiger partial charge in [-0.15, -0.1) is 0 Å². The van der Waals surface area contributed by atoms with Crippen LogP contribution in [-0.2, 0) is 4.79 Å². The van der Waals surface area contributed by atoms with E-state index in [1.807, 2.05) is 0 Å². The summed E-state index contributed by atoms with van der Waals surface area (Å²) in [7, 11) is 0. The number of amides is 1. The van der Waals surface area contributed by atoms with E-state index in [0.717, 1.165) is 0 Å². The highest BCUT2D eigenvalue weighted by atomic mass is 16.4. The molecular weight excluding hydrogens is 214 g/mol. The SMILES string of the molecule is CC(=O)Nc1oc(C)c(C(C)=O)c1C(=O)O. The molecule has 1 aromatic rings. The van der Waals surface area contributed by atoms with E-state index < -0.39 is 17.7 Å². The lowest BCUT2D eigenvalue weighted by atomic mass is 10.1. The molecular formula is C10H11NO5. The Kier molecular flexibility index (Phi) is 3.12. The Morgan fingerprint density at radius 3 is 2.12 bits per heavy atom. The lowest BCUT2D eigenvalue weighted by molar-refractivity contribution is -0.114. The van der Waals surface area contributed by atoms with Crippen LogP contribution in [0.25, 0.3) is 0 Å². The van der Waals surface area contributed by atoms with Gasteiger partial charge in [-0.1, -0.05) is 0 Å². The van der Waals surface area contributed by atoms with Crippen molar-refractivity contribution < 1.29 is 23.9 Å². The minimum absolute atomic E-state index is 0.0174. The number of anilines is 1. The van der Waals surface area contributed by atoms with Gasteiger partial charge in [0.05, 0.1) is 5.56 Å². The first-order valence-corrected chi connectivity index (χ1v) is 4.49. The molecule has 0 atom stereocenters. The van der Waals surface area contributed by atoms with Gasteiger partial charge in [0.15, 0.2) is 5.78 Å². The molecule has 1 rings (SSSR count). The van der Waals surface area contributed by atoms with Crippen molar-refractivity contribution in [1.82, 2.24) is 0 Å². The van der Waals surface area contributed by atoms with Gasteiger partial charge in [-0.25, -0.2) is 4.79 Å². The zero-order valence-corrected chi connectivity index (χ0v) is 9.08. The standard InChI is InChI=1S/C10H11NO5/c1-4(12)7-5(2)16-9(11-6(3)13)8(7)10(14)15/h1-3H3,(H,11,13)(H,14,15). The van der Waals surface area contributed by atoms with E-state index >= 15 is 0 Å². The second-order valence-electron chi connectivity index (χ2n) is 3.28. The summed E-state index contributed by atoms with van der Waals surface area (Å²) in [5.74, 6) is -2.23. The predicted octanol–water partition coefficient (Wildman–Crippen LogP) is 1.45. The number of nitrogens with one attached hydrogen (secondary N) is 1. The van der Waals surface area contributed by atoms with Gasteiger partial charge >= 0.3 is 5.97 Å². The van der Waals surface area contributed by atoms with Crippen LogP contribution in [0.5, 0.6) is 0 Å². The molecule has 1 aromatic heterocycles. The maximum Gasteiger partial charge on any atom is 0.342 e. The summed E-state index contributed by atoms with van der Waals surface area (Å²) in [5.41, 5.74) is -0.323. The van der Waals surface area contributed by atoms with Crippen LogP contribution < -0.4 is 5.32 Å². The number of carbonyl (C=O) groups is 3. The second-order valence-corrected chi connectivity index (χ2v) is 3.28. The fourth-order valence-corrected chi connectivity index (χ4v) is 1.42. The average Bonchev–Trinajstić information content (AvgIpc) is 2.40. The van der Waals surface area contributed by atoms with Gasteiger partial charge in [0, 0.05) is 6.92 Å². The fraction of sp³-hybridized carbons (Fsp3) is 0.300. The molecule has 0 fully saturated rings. The lowest BCUT2D eigenvalue weighted by Crippen LogP contribution is -2.11. The van der Waals surface area contributed by atoms with Crippen LogP contribution in [0.4, 0.5) is 5.88 Å². The zero-order chi connectivity index (χ0) is 12.5. The third-order valence-electron chi connectivity index (χ3n) is 1.94. The highest BCUT2D eigenvalue weighted by molar-refractivity contribution is 6.09. The Labute approximate surface area is 91.2 Å². The van der Waals surface area contributed by atoms with Gasteiger partial charge in [-0.2, -0.15) is 0 Å². The fourth-order valence-electron chi connectivity index (χ4n) is 1.42. The number of carboxylic acids is 1. The molecule has 0 aliphatic carbocycles. The summed E-state index contributed by atoms with van der Waals surface area (Å²) >= 11 is 0. The molecule has 0 aromatic carbocycles. The molecule has 0 saturated carbocycles. The van der Waals surface area contributed by atoms with E-state index in [1.165, 1.54) is 20.8 Å². The van der Waals surface area contributed by atoms with Crippen molar-refractivity contribution in [1.29, 1.82) is 0 Å². The first kappa shape index (κ1) is 12.0. The molecule has 1 heterocycles. The summed E-state index contributed by atoms with van der Waals surface area (Å²) in [6.07, 6.45) is 0. The van der Waals surface area contributed by atoms with Gasteiger partial charge in [0.2, 0.25) is 11.8 Å². The van der Waals surface area contributed by atoms with Crippen LogP contribution in [0, 0.1) is 6.92 Å². The summed E-state index contributed by atoms with van der Waals surface area (Å²) in [6, 6.07) is 0. The van der Waals surface area contributed by atoms with E-state index in [2.05, 4.69) is 5.32 Å². The van der Waals surface area contributed by atoms with E-state index in [0.29, 0.717) is 0 Å². The van der Waals surface area contributed by atoms with Gasteiger partial charge in [0.25, 0.3) is 0 Å². The lowest BCUT2D eigenvalue weighted by Gasteiger charge is -1.98. The molecule has 6 nitrogen and oxygen atoms in total. The van der Waals surface area contributed by atoms with Crippen LogP contribution in [-0.4, -0.2) is 22.8 Å².